The summed E-state index contributed by atoms with van der Waals surface area (Å²) in [6, 6.07) is 15.2. The fourth-order valence-corrected chi connectivity index (χ4v) is 15.0. The number of anilines is 1. The molecule has 5 aliphatic rings. The summed E-state index contributed by atoms with van der Waals surface area (Å²) in [5.41, 5.74) is 5.36. The Morgan fingerprint density at radius 3 is 1.90 bits per heavy atom. The molecular weight excluding hydrogens is 636 g/mol. The van der Waals surface area contributed by atoms with E-state index in [1.165, 1.54) is 59.7 Å². The van der Waals surface area contributed by atoms with Gasteiger partial charge in [0.25, 0.3) is 0 Å². The predicted molar refractivity (Wildman–Crippen MR) is 174 cm³/mol. The van der Waals surface area contributed by atoms with Crippen molar-refractivity contribution in [1.82, 2.24) is 4.90 Å². The molecule has 2 aromatic carbocycles. The number of rotatable bonds is 7. The molecule has 0 spiro atoms. The third-order valence-electron chi connectivity index (χ3n) is 9.90. The Bertz CT molecular complexity index is 1350. The summed E-state index contributed by atoms with van der Waals surface area (Å²) in [5.74, 6) is 4.27. The van der Waals surface area contributed by atoms with Gasteiger partial charge in [-0.1, -0.05) is 0 Å². The minimum absolute atomic E-state index is 0.0840. The van der Waals surface area contributed by atoms with Crippen LogP contribution in [0.1, 0.15) is 109 Å². The number of nitrogens with zero attached hydrogens (tertiary/aromatic N) is 2. The van der Waals surface area contributed by atoms with Crippen molar-refractivity contribution in [3.05, 3.63) is 59.2 Å². The molecule has 0 aromatic heterocycles. The average molecular weight is 685 g/mol. The van der Waals surface area contributed by atoms with Crippen molar-refractivity contribution in [2.45, 2.75) is 104 Å². The predicted octanol–water partition coefficient (Wildman–Crippen LogP) is 9.21. The number of para-hydroxylation sites is 2. The summed E-state index contributed by atoms with van der Waals surface area (Å²) in [6.07, 6.45) is 8.28. The fraction of sp³-hybridized carbons (Fsp3) is 0.600. The third-order valence-corrected chi connectivity index (χ3v) is 15.4. The van der Waals surface area contributed by atoms with E-state index in [4.69, 9.17) is 24.1 Å². The van der Waals surface area contributed by atoms with Crippen LogP contribution >= 0.6 is 19.4 Å². The molecule has 4 bridgehead atoms. The van der Waals surface area contributed by atoms with Crippen LogP contribution in [0.2, 0.25) is 0 Å². The van der Waals surface area contributed by atoms with Crippen molar-refractivity contribution in [3.63, 3.8) is 0 Å². The van der Waals surface area contributed by atoms with Crippen molar-refractivity contribution in [1.29, 1.82) is 0 Å². The van der Waals surface area contributed by atoms with Crippen LogP contribution in [-0.2, 0) is 11.9 Å². The number of ether oxygens (including phenoxy) is 1. The molecule has 1 aliphatic heterocycles. The van der Waals surface area contributed by atoms with Gasteiger partial charge in [-0.3, -0.25) is 0 Å². The summed E-state index contributed by atoms with van der Waals surface area (Å²) in [4.78, 5) is 5.38. The van der Waals surface area contributed by atoms with Crippen molar-refractivity contribution in [2.24, 2.45) is 17.8 Å². The summed E-state index contributed by atoms with van der Waals surface area (Å²) in [7, 11) is 15.7. The van der Waals surface area contributed by atoms with E-state index in [0.717, 1.165) is 42.2 Å². The fourth-order valence-electron chi connectivity index (χ4n) is 8.74. The van der Waals surface area contributed by atoms with Gasteiger partial charge in [-0.15, -0.1) is 0 Å². The molecule has 3 nitrogen and oxygen atoms in total. The van der Waals surface area contributed by atoms with Gasteiger partial charge in [0.05, 0.1) is 0 Å². The monoisotopic (exact) mass is 684 g/mol. The topological polar surface area (TPSA) is 15.7 Å². The molecule has 230 valence electrons. The molecule has 2 aromatic rings. The van der Waals surface area contributed by atoms with E-state index in [9.17, 15) is 0 Å². The molecule has 0 N–H and O–H groups in total. The number of hydrogen-bond donors (Lipinski definition) is 0. The van der Waals surface area contributed by atoms with E-state index < -0.39 is 11.9 Å². The van der Waals surface area contributed by atoms with Crippen LogP contribution in [-0.4, -0.2) is 38.6 Å². The zero-order valence-corrected chi connectivity index (χ0v) is 28.9. The van der Waals surface area contributed by atoms with E-state index in [2.05, 4.69) is 86.3 Å². The summed E-state index contributed by atoms with van der Waals surface area (Å²) < 4.78 is 9.67. The van der Waals surface area contributed by atoms with E-state index >= 15 is 0 Å². The molecule has 4 aliphatic carbocycles. The molecule has 0 amide bonds. The quantitative estimate of drug-likeness (QED) is 0.271. The minimum atomic E-state index is -3.60. The molecule has 4 saturated carbocycles. The summed E-state index contributed by atoms with van der Waals surface area (Å²) in [6.45, 7) is 15.4. The maximum atomic E-state index is 7.83. The summed E-state index contributed by atoms with van der Waals surface area (Å²) >= 11 is -3.60. The second kappa shape index (κ2) is 11.5. The first-order chi connectivity index (χ1) is 19.5. The van der Waals surface area contributed by atoms with Gasteiger partial charge in [0, 0.05) is 0 Å². The van der Waals surface area contributed by atoms with Gasteiger partial charge in [0.15, 0.2) is 0 Å². The van der Waals surface area contributed by atoms with Crippen LogP contribution in [0.15, 0.2) is 42.5 Å². The van der Waals surface area contributed by atoms with Gasteiger partial charge < -0.3 is 0 Å². The molecule has 1 saturated heterocycles. The number of hydrogen-bond acceptors (Lipinski definition) is 3. The number of halogens is 2. The van der Waals surface area contributed by atoms with Gasteiger partial charge in [-0.05, 0) is 0 Å². The van der Waals surface area contributed by atoms with Crippen LogP contribution in [0.25, 0.3) is 0 Å². The van der Waals surface area contributed by atoms with Crippen LogP contribution in [0.4, 0.5) is 5.69 Å². The Balaban J connectivity index is 1.59. The second-order valence-electron chi connectivity index (χ2n) is 14.0. The standard InChI is InChI=1S/C25H36N2.C10H12O.2ClH.Ru/c1-17(2)22-6-5-7-23(18(3)4)24(22)26-8-9-27(16-26)25-13-19-10-20(14-25)12-21(11-19)15-25;1-8(2)11-10-7-5-4-6-9(10)3;;;/h5-7,17-21H,8-15H2,1-4H3;3-8H,1-2H3;2*1H;/q;;;;-2/p-2. The molecular formula is C35H48Cl2N2ORu-4. The zero-order valence-electron chi connectivity index (χ0n) is 25.7. The van der Waals surface area contributed by atoms with Crippen LogP contribution < -0.4 is 9.64 Å². The normalized spacial score (nSPS) is 28.4. The molecule has 0 radical (unpaired) electrons. The van der Waals surface area contributed by atoms with Crippen LogP contribution in [0, 0.1) is 17.8 Å². The Hall–Kier alpha value is -1.06. The first kappa shape index (κ1) is 30.0. The zero-order chi connectivity index (χ0) is 29.1. The molecule has 41 heavy (non-hydrogen) atoms. The Labute approximate surface area is 258 Å². The number of benzene rings is 2. The second-order valence-corrected chi connectivity index (χ2v) is 23.3. The van der Waals surface area contributed by atoms with Gasteiger partial charge in [0.2, 0.25) is 0 Å². The first-order valence-electron chi connectivity index (χ1n) is 15.8. The van der Waals surface area contributed by atoms with Crippen molar-refractivity contribution < 1.29 is 16.6 Å². The van der Waals surface area contributed by atoms with E-state index in [0.29, 0.717) is 11.8 Å². The Morgan fingerprint density at radius 1 is 0.805 bits per heavy atom. The van der Waals surface area contributed by atoms with Crippen molar-refractivity contribution in [3.8, 4) is 5.75 Å². The van der Waals surface area contributed by atoms with Gasteiger partial charge in [-0.25, -0.2) is 0 Å². The average Bonchev–Trinajstić information content (AvgIpc) is 3.35. The van der Waals surface area contributed by atoms with Crippen LogP contribution in [0.5, 0.6) is 5.75 Å². The van der Waals surface area contributed by atoms with Gasteiger partial charge >= 0.3 is 260 Å². The third kappa shape index (κ3) is 5.66. The van der Waals surface area contributed by atoms with E-state index in [1.807, 2.05) is 12.1 Å². The Kier molecular flexibility index (Phi) is 8.38. The van der Waals surface area contributed by atoms with Crippen molar-refractivity contribution in [2.75, 3.05) is 18.0 Å². The molecule has 0 atom stereocenters. The first-order valence-corrected chi connectivity index (χ1v) is 22.1. The van der Waals surface area contributed by atoms with Gasteiger partial charge in [-0.2, -0.15) is 0 Å². The van der Waals surface area contributed by atoms with Crippen molar-refractivity contribution >= 4 is 34.0 Å². The Morgan fingerprint density at radius 2 is 1.37 bits per heavy atom. The summed E-state index contributed by atoms with van der Waals surface area (Å²) in [5, 5.41) is 0. The molecule has 7 rings (SSSR count). The van der Waals surface area contributed by atoms with E-state index in [-0.39, 0.29) is 11.6 Å². The molecule has 0 unspecified atom stereocenters. The maximum absolute atomic E-state index is 7.83. The molecule has 5 fully saturated rings. The van der Waals surface area contributed by atoms with Gasteiger partial charge in [0.1, 0.15) is 0 Å². The molecule has 1 heterocycles. The molecule has 6 heteroatoms. The van der Waals surface area contributed by atoms with E-state index in [1.54, 1.807) is 0 Å². The SMILES string of the molecule is CC(C)Oc1ccccc1[CH]=[Ru-4]([Cl])([Cl])=[C]1N(c2c(C(C)C)cccc2C(C)C)CCN1C12CC3CC(CC(C3)C1)C2. The van der Waals surface area contributed by atoms with Crippen LogP contribution in [0.3, 0.4) is 0 Å².